The maximum Gasteiger partial charge on any atom is 0.279 e. The first-order valence-corrected chi connectivity index (χ1v) is 14.8. The molecule has 2 fully saturated rings. The van der Waals surface area contributed by atoms with Crippen molar-refractivity contribution in [3.05, 3.63) is 16.8 Å². The number of nitrogens with one attached hydrogen (secondary N) is 2. The summed E-state index contributed by atoms with van der Waals surface area (Å²) in [7, 11) is 0.0355. The Balaban J connectivity index is 1.24. The molecule has 2 N–H and O–H groups in total. The first-order valence-electron chi connectivity index (χ1n) is 12.5. The maximum absolute atomic E-state index is 12.5. The molecule has 4 heterocycles. The number of carbonyl (C=O) groups excluding carboxylic acids is 1. The van der Waals surface area contributed by atoms with Crippen LogP contribution in [0.1, 0.15) is 49.0 Å². The molecule has 3 aliphatic rings. The van der Waals surface area contributed by atoms with Crippen LogP contribution in [0.4, 0.5) is 5.82 Å². The van der Waals surface area contributed by atoms with Crippen molar-refractivity contribution in [2.75, 3.05) is 45.6 Å². The fraction of sp³-hybridized carbons (Fsp3) is 0.696. The van der Waals surface area contributed by atoms with Gasteiger partial charge in [-0.3, -0.25) is 9.69 Å². The molecule has 2 aliphatic heterocycles. The molecular formula is C23H35N7O3S2. The SMILES string of the molecule is CNS(=O)(=O)N1CCc2sc3ncnc(NC4CCC(N(C)CC(=O)N5CCCC5)CC4)c3c2C1. The van der Waals surface area contributed by atoms with E-state index in [1.807, 2.05) is 4.90 Å². The molecule has 0 aromatic carbocycles. The van der Waals surface area contributed by atoms with E-state index < -0.39 is 10.2 Å². The first kappa shape index (κ1) is 24.8. The number of hydrogen-bond acceptors (Lipinski definition) is 8. The van der Waals surface area contributed by atoms with Crippen LogP contribution in [0.25, 0.3) is 10.2 Å². The van der Waals surface area contributed by atoms with Crippen LogP contribution < -0.4 is 10.0 Å². The Bertz CT molecular complexity index is 1170. The summed E-state index contributed by atoms with van der Waals surface area (Å²) in [6, 6.07) is 0.711. The van der Waals surface area contributed by atoms with E-state index in [0.29, 0.717) is 38.1 Å². The van der Waals surface area contributed by atoms with E-state index in [-0.39, 0.29) is 5.91 Å². The number of likely N-dealkylation sites (N-methyl/N-ethyl adjacent to an activating group) is 1. The van der Waals surface area contributed by atoms with Crippen LogP contribution in [0, 0.1) is 0 Å². The van der Waals surface area contributed by atoms with Crippen LogP contribution in [-0.4, -0.2) is 90.8 Å². The van der Waals surface area contributed by atoms with Crippen LogP contribution in [0.2, 0.25) is 0 Å². The van der Waals surface area contributed by atoms with E-state index in [1.165, 1.54) is 16.2 Å². The van der Waals surface area contributed by atoms with Crippen LogP contribution in [0.15, 0.2) is 6.33 Å². The third-order valence-electron chi connectivity index (χ3n) is 7.70. The zero-order valence-electron chi connectivity index (χ0n) is 20.5. The lowest BCUT2D eigenvalue weighted by molar-refractivity contribution is -0.131. The lowest BCUT2D eigenvalue weighted by atomic mass is 9.90. The molecule has 1 amide bonds. The Kier molecular flexibility index (Phi) is 7.27. The van der Waals surface area contributed by atoms with Crippen molar-refractivity contribution in [3.8, 4) is 0 Å². The van der Waals surface area contributed by atoms with Gasteiger partial charge in [0.05, 0.1) is 11.9 Å². The Morgan fingerprint density at radius 3 is 2.63 bits per heavy atom. The fourth-order valence-corrected chi connectivity index (χ4v) is 7.62. The van der Waals surface area contributed by atoms with E-state index in [2.05, 4.69) is 32.0 Å². The Labute approximate surface area is 211 Å². The Hall–Kier alpha value is -1.86. The van der Waals surface area contributed by atoms with Crippen molar-refractivity contribution in [2.24, 2.45) is 0 Å². The molecule has 12 heteroatoms. The summed E-state index contributed by atoms with van der Waals surface area (Å²) in [6.45, 7) is 3.12. The molecule has 2 aromatic rings. The molecule has 0 radical (unpaired) electrons. The predicted octanol–water partition coefficient (Wildman–Crippen LogP) is 1.79. The highest BCUT2D eigenvalue weighted by Crippen LogP contribution is 2.38. The molecule has 0 bridgehead atoms. The molecule has 2 aromatic heterocycles. The summed E-state index contributed by atoms with van der Waals surface area (Å²) < 4.78 is 28.7. The van der Waals surface area contributed by atoms with E-state index >= 15 is 0 Å². The standard InChI is InChI=1S/C23H35N7O3S2/c1-24-35(32,33)30-12-9-19-18(13-30)21-22(25-15-26-23(21)34-19)27-16-5-7-17(8-6-16)28(2)14-20(31)29-10-3-4-11-29/h15-17,24H,3-14H2,1-2H3,(H,25,26,27). The molecule has 35 heavy (non-hydrogen) atoms. The van der Waals surface area contributed by atoms with Crippen molar-refractivity contribution in [2.45, 2.75) is 63.6 Å². The zero-order chi connectivity index (χ0) is 24.6. The second-order valence-electron chi connectivity index (χ2n) is 9.85. The van der Waals surface area contributed by atoms with Gasteiger partial charge in [-0.1, -0.05) is 0 Å². The molecule has 1 saturated heterocycles. The second kappa shape index (κ2) is 10.3. The maximum atomic E-state index is 12.5. The van der Waals surface area contributed by atoms with Gasteiger partial charge in [-0.15, -0.1) is 11.3 Å². The van der Waals surface area contributed by atoms with Gasteiger partial charge in [-0.25, -0.2) is 14.7 Å². The van der Waals surface area contributed by atoms with Gasteiger partial charge in [0.2, 0.25) is 5.91 Å². The summed E-state index contributed by atoms with van der Waals surface area (Å²) in [6.07, 6.45) is 8.61. The van der Waals surface area contributed by atoms with E-state index in [0.717, 1.165) is 73.2 Å². The molecule has 0 atom stereocenters. The number of rotatable bonds is 7. The summed E-state index contributed by atoms with van der Waals surface area (Å²) in [4.78, 5) is 27.9. The number of hydrogen-bond donors (Lipinski definition) is 2. The third-order valence-corrected chi connectivity index (χ3v) is 10.4. The summed E-state index contributed by atoms with van der Waals surface area (Å²) in [5, 5.41) is 4.61. The van der Waals surface area contributed by atoms with Crippen molar-refractivity contribution >= 4 is 43.5 Å². The van der Waals surface area contributed by atoms with Gasteiger partial charge in [0.15, 0.2) is 0 Å². The molecule has 10 nitrogen and oxygen atoms in total. The summed E-state index contributed by atoms with van der Waals surface area (Å²) in [5.41, 5.74) is 1.02. The summed E-state index contributed by atoms with van der Waals surface area (Å²) >= 11 is 1.64. The van der Waals surface area contributed by atoms with Gasteiger partial charge < -0.3 is 10.2 Å². The lowest BCUT2D eigenvalue weighted by Crippen LogP contribution is -2.44. The van der Waals surface area contributed by atoms with Crippen LogP contribution in [0.5, 0.6) is 0 Å². The lowest BCUT2D eigenvalue weighted by Gasteiger charge is -2.35. The number of fused-ring (bicyclic) bond motifs is 3. The van der Waals surface area contributed by atoms with Crippen LogP contribution in [-0.2, 0) is 28.0 Å². The highest BCUT2D eigenvalue weighted by atomic mass is 32.2. The van der Waals surface area contributed by atoms with Crippen LogP contribution >= 0.6 is 11.3 Å². The monoisotopic (exact) mass is 521 g/mol. The fourth-order valence-electron chi connectivity index (χ4n) is 5.59. The van der Waals surface area contributed by atoms with Gasteiger partial charge in [0, 0.05) is 50.2 Å². The Morgan fingerprint density at radius 2 is 1.91 bits per heavy atom. The number of carbonyl (C=O) groups is 1. The smallest absolute Gasteiger partial charge is 0.279 e. The number of amides is 1. The minimum atomic E-state index is -3.48. The first-order chi connectivity index (χ1) is 16.9. The Morgan fingerprint density at radius 1 is 1.17 bits per heavy atom. The quantitative estimate of drug-likeness (QED) is 0.572. The molecule has 0 spiro atoms. The van der Waals surface area contributed by atoms with Gasteiger partial charge in [-0.2, -0.15) is 12.7 Å². The predicted molar refractivity (Wildman–Crippen MR) is 138 cm³/mol. The number of likely N-dealkylation sites (tertiary alicyclic amines) is 1. The topological polar surface area (TPSA) is 111 Å². The average Bonchev–Trinajstić information content (AvgIpc) is 3.53. The number of nitrogens with zero attached hydrogens (tertiary/aromatic N) is 5. The van der Waals surface area contributed by atoms with Gasteiger partial charge in [0.1, 0.15) is 17.0 Å². The molecule has 1 aliphatic carbocycles. The normalized spacial score (nSPS) is 23.7. The third kappa shape index (κ3) is 5.17. The number of aromatic nitrogens is 2. The molecule has 192 valence electrons. The van der Waals surface area contributed by atoms with Crippen LogP contribution in [0.3, 0.4) is 0 Å². The molecule has 0 unspecified atom stereocenters. The number of thiophene rings is 1. The molecule has 1 saturated carbocycles. The van der Waals surface area contributed by atoms with Crippen molar-refractivity contribution in [1.29, 1.82) is 0 Å². The highest BCUT2D eigenvalue weighted by Gasteiger charge is 2.31. The highest BCUT2D eigenvalue weighted by molar-refractivity contribution is 7.87. The minimum Gasteiger partial charge on any atom is -0.367 e. The van der Waals surface area contributed by atoms with Crippen molar-refractivity contribution in [3.63, 3.8) is 0 Å². The van der Waals surface area contributed by atoms with Crippen molar-refractivity contribution < 1.29 is 13.2 Å². The average molecular weight is 522 g/mol. The minimum absolute atomic E-state index is 0.255. The zero-order valence-corrected chi connectivity index (χ0v) is 22.1. The van der Waals surface area contributed by atoms with Crippen molar-refractivity contribution in [1.82, 2.24) is 28.8 Å². The van der Waals surface area contributed by atoms with Gasteiger partial charge in [0.25, 0.3) is 10.2 Å². The van der Waals surface area contributed by atoms with E-state index in [9.17, 15) is 13.2 Å². The second-order valence-corrected chi connectivity index (χ2v) is 12.8. The molecular weight excluding hydrogens is 486 g/mol. The van der Waals surface area contributed by atoms with Gasteiger partial charge >= 0.3 is 0 Å². The number of anilines is 1. The largest absolute Gasteiger partial charge is 0.367 e. The molecule has 5 rings (SSSR count). The van der Waals surface area contributed by atoms with E-state index in [1.54, 1.807) is 17.7 Å². The summed E-state index contributed by atoms with van der Waals surface area (Å²) in [5.74, 6) is 1.06. The van der Waals surface area contributed by atoms with Gasteiger partial charge in [-0.05, 0) is 57.6 Å². The van der Waals surface area contributed by atoms with E-state index in [4.69, 9.17) is 0 Å².